The molecule has 1 N–H and O–H groups in total. The van der Waals surface area contributed by atoms with E-state index in [0.29, 0.717) is 18.5 Å². The molecule has 1 heterocycles. The highest BCUT2D eigenvalue weighted by molar-refractivity contribution is 6.07. The molecule has 1 aromatic rings. The van der Waals surface area contributed by atoms with Gasteiger partial charge < -0.3 is 10.1 Å². The minimum atomic E-state index is -0.779. The number of hydrogen-bond acceptors (Lipinski definition) is 5. The van der Waals surface area contributed by atoms with E-state index in [-0.39, 0.29) is 23.7 Å². The number of carbonyl (C=O) groups is 4. The van der Waals surface area contributed by atoms with Gasteiger partial charge in [0, 0.05) is 5.69 Å². The fourth-order valence-electron chi connectivity index (χ4n) is 3.59. The largest absolute Gasteiger partial charge is 0.454 e. The predicted octanol–water partition coefficient (Wildman–Crippen LogP) is 1.74. The average Bonchev–Trinajstić information content (AvgIpc) is 2.84. The minimum Gasteiger partial charge on any atom is -0.454 e. The quantitative estimate of drug-likeness (QED) is 0.484. The second-order valence-electron chi connectivity index (χ2n) is 7.00. The molecule has 3 amide bonds. The van der Waals surface area contributed by atoms with Crippen LogP contribution in [0.15, 0.2) is 30.4 Å². The normalized spacial score (nSPS) is 21.2. The van der Waals surface area contributed by atoms with Gasteiger partial charge in [-0.3, -0.25) is 24.1 Å². The summed E-state index contributed by atoms with van der Waals surface area (Å²) in [7, 11) is 0. The first-order valence-corrected chi connectivity index (χ1v) is 8.89. The van der Waals surface area contributed by atoms with Crippen LogP contribution in [-0.2, 0) is 23.9 Å². The summed E-state index contributed by atoms with van der Waals surface area (Å²) in [5, 5.41) is 2.66. The summed E-state index contributed by atoms with van der Waals surface area (Å²) in [6, 6.07) is 5.60. The molecule has 0 saturated carbocycles. The number of ether oxygens (including phenoxy) is 1. The third-order valence-electron chi connectivity index (χ3n) is 4.76. The van der Waals surface area contributed by atoms with Gasteiger partial charge in [0.2, 0.25) is 11.8 Å². The van der Waals surface area contributed by atoms with Crippen LogP contribution in [-0.4, -0.2) is 41.7 Å². The van der Waals surface area contributed by atoms with E-state index in [1.165, 1.54) is 0 Å². The number of benzene rings is 1. The van der Waals surface area contributed by atoms with Crippen LogP contribution >= 0.6 is 0 Å². The van der Waals surface area contributed by atoms with E-state index in [1.54, 1.807) is 0 Å². The van der Waals surface area contributed by atoms with E-state index in [2.05, 4.69) is 5.32 Å². The van der Waals surface area contributed by atoms with Crippen LogP contribution in [0.2, 0.25) is 0 Å². The van der Waals surface area contributed by atoms with Gasteiger partial charge in [-0.1, -0.05) is 18.2 Å². The van der Waals surface area contributed by atoms with Crippen LogP contribution in [0, 0.1) is 25.7 Å². The van der Waals surface area contributed by atoms with Gasteiger partial charge in [0.25, 0.3) is 5.91 Å². The predicted molar refractivity (Wildman–Crippen MR) is 97.6 cm³/mol. The maximum absolute atomic E-state index is 12.3. The number of carbonyl (C=O) groups excluding carboxylic acids is 4. The van der Waals surface area contributed by atoms with Gasteiger partial charge in [-0.2, -0.15) is 0 Å². The number of nitrogens with one attached hydrogen (secondary N) is 1. The highest BCUT2D eigenvalue weighted by Crippen LogP contribution is 2.34. The summed E-state index contributed by atoms with van der Waals surface area (Å²) >= 11 is 0. The molecule has 1 saturated heterocycles. The lowest BCUT2D eigenvalue weighted by Gasteiger charge is -2.14. The maximum Gasteiger partial charge on any atom is 0.326 e. The summed E-state index contributed by atoms with van der Waals surface area (Å²) in [5.74, 6) is -2.72. The second kappa shape index (κ2) is 7.73. The van der Waals surface area contributed by atoms with Crippen molar-refractivity contribution in [3.05, 3.63) is 41.5 Å². The Labute approximate surface area is 157 Å². The highest BCUT2D eigenvalue weighted by Gasteiger charge is 2.47. The summed E-state index contributed by atoms with van der Waals surface area (Å²) in [5.41, 5.74) is 2.63. The molecule has 2 aliphatic rings. The van der Waals surface area contributed by atoms with Crippen molar-refractivity contribution in [1.82, 2.24) is 4.90 Å². The Bertz CT molecular complexity index is 783. The maximum atomic E-state index is 12.3. The number of hydrogen-bond donors (Lipinski definition) is 1. The number of nitrogens with zero attached hydrogens (tertiary/aromatic N) is 1. The van der Waals surface area contributed by atoms with Gasteiger partial charge in [-0.25, -0.2) is 0 Å². The Morgan fingerprint density at radius 2 is 1.59 bits per heavy atom. The van der Waals surface area contributed by atoms with Crippen molar-refractivity contribution in [2.24, 2.45) is 11.8 Å². The molecular formula is C20H22N2O5. The van der Waals surface area contributed by atoms with E-state index in [1.807, 2.05) is 44.2 Å². The summed E-state index contributed by atoms with van der Waals surface area (Å²) in [4.78, 5) is 49.5. The molecule has 2 atom stereocenters. The van der Waals surface area contributed by atoms with Crippen molar-refractivity contribution in [3.8, 4) is 0 Å². The zero-order chi connectivity index (χ0) is 19.6. The fraction of sp³-hybridized carbons (Fsp3) is 0.400. The Hall–Kier alpha value is -2.96. The molecule has 1 aliphatic heterocycles. The molecule has 0 spiro atoms. The highest BCUT2D eigenvalue weighted by atomic mass is 16.5. The van der Waals surface area contributed by atoms with Crippen LogP contribution in [0.5, 0.6) is 0 Å². The van der Waals surface area contributed by atoms with Gasteiger partial charge in [0.15, 0.2) is 6.61 Å². The number of likely N-dealkylation sites (tertiary alicyclic amines) is 1. The number of rotatable bonds is 5. The van der Waals surface area contributed by atoms with Gasteiger partial charge in [0.05, 0.1) is 11.8 Å². The molecule has 1 aliphatic carbocycles. The molecule has 1 fully saturated rings. The Kier molecular flexibility index (Phi) is 5.39. The van der Waals surface area contributed by atoms with Gasteiger partial charge in [-0.05, 0) is 49.9 Å². The lowest BCUT2D eigenvalue weighted by atomic mass is 9.85. The second-order valence-corrected chi connectivity index (χ2v) is 7.00. The lowest BCUT2D eigenvalue weighted by molar-refractivity contribution is -0.154. The van der Waals surface area contributed by atoms with Crippen LogP contribution in [0.3, 0.4) is 0 Å². The number of anilines is 1. The molecule has 0 bridgehead atoms. The SMILES string of the molecule is Cc1cc(C)cc(NC(=O)COC(=O)CN2C(=O)[C@H]3CC=CC[C@H]3C2=O)c1. The standard InChI is InChI=1S/C20H22N2O5/c1-12-7-13(2)9-14(8-12)21-17(23)11-27-18(24)10-22-19(25)15-5-3-4-6-16(15)20(22)26/h3-4,7-9,15-16H,5-6,10-11H2,1-2H3,(H,21,23)/t15-,16+. The molecule has 1 aromatic carbocycles. The minimum absolute atomic E-state index is 0.342. The van der Waals surface area contributed by atoms with Crippen molar-refractivity contribution < 1.29 is 23.9 Å². The summed E-state index contributed by atoms with van der Waals surface area (Å²) in [6.07, 6.45) is 4.79. The number of imide groups is 1. The number of allylic oxidation sites excluding steroid dienone is 2. The Balaban J connectivity index is 1.50. The number of aryl methyl sites for hydroxylation is 2. The number of amides is 3. The third-order valence-corrected chi connectivity index (χ3v) is 4.76. The zero-order valence-corrected chi connectivity index (χ0v) is 15.4. The first-order chi connectivity index (χ1) is 12.8. The van der Waals surface area contributed by atoms with Gasteiger partial charge in [0.1, 0.15) is 6.54 Å². The smallest absolute Gasteiger partial charge is 0.326 e. The average molecular weight is 370 g/mol. The topological polar surface area (TPSA) is 92.8 Å². The lowest BCUT2D eigenvalue weighted by Crippen LogP contribution is -2.37. The first-order valence-electron chi connectivity index (χ1n) is 8.89. The molecule has 142 valence electrons. The molecule has 3 rings (SSSR count). The number of fused-ring (bicyclic) bond motifs is 1. The van der Waals surface area contributed by atoms with E-state index < -0.39 is 25.0 Å². The van der Waals surface area contributed by atoms with E-state index in [0.717, 1.165) is 16.0 Å². The van der Waals surface area contributed by atoms with Gasteiger partial charge >= 0.3 is 5.97 Å². The number of esters is 1. The molecular weight excluding hydrogens is 348 g/mol. The van der Waals surface area contributed by atoms with E-state index >= 15 is 0 Å². The molecule has 27 heavy (non-hydrogen) atoms. The van der Waals surface area contributed by atoms with Crippen molar-refractivity contribution >= 4 is 29.4 Å². The van der Waals surface area contributed by atoms with Crippen molar-refractivity contribution in [3.63, 3.8) is 0 Å². The van der Waals surface area contributed by atoms with Crippen LogP contribution in [0.1, 0.15) is 24.0 Å². The van der Waals surface area contributed by atoms with E-state index in [4.69, 9.17) is 4.74 Å². The monoisotopic (exact) mass is 370 g/mol. The van der Waals surface area contributed by atoms with Crippen LogP contribution < -0.4 is 5.32 Å². The Morgan fingerprint density at radius 3 is 2.15 bits per heavy atom. The van der Waals surface area contributed by atoms with Crippen LogP contribution in [0.25, 0.3) is 0 Å². The molecule has 7 nitrogen and oxygen atoms in total. The third kappa shape index (κ3) is 4.24. The van der Waals surface area contributed by atoms with Gasteiger partial charge in [-0.15, -0.1) is 0 Å². The summed E-state index contributed by atoms with van der Waals surface area (Å²) in [6.45, 7) is 2.90. The fourth-order valence-corrected chi connectivity index (χ4v) is 3.59. The van der Waals surface area contributed by atoms with Crippen molar-refractivity contribution in [1.29, 1.82) is 0 Å². The molecule has 0 aromatic heterocycles. The zero-order valence-electron chi connectivity index (χ0n) is 15.4. The van der Waals surface area contributed by atoms with Crippen LogP contribution in [0.4, 0.5) is 5.69 Å². The Morgan fingerprint density at radius 1 is 1.04 bits per heavy atom. The molecule has 0 unspecified atom stereocenters. The van der Waals surface area contributed by atoms with Crippen molar-refractivity contribution in [2.75, 3.05) is 18.5 Å². The summed E-state index contributed by atoms with van der Waals surface area (Å²) < 4.78 is 4.94. The first kappa shape index (κ1) is 18.8. The van der Waals surface area contributed by atoms with Crippen molar-refractivity contribution in [2.45, 2.75) is 26.7 Å². The molecule has 7 heteroatoms. The van der Waals surface area contributed by atoms with E-state index in [9.17, 15) is 19.2 Å². The molecule has 0 radical (unpaired) electrons.